The highest BCUT2D eigenvalue weighted by Crippen LogP contribution is 2.37. The summed E-state index contributed by atoms with van der Waals surface area (Å²) in [5, 5.41) is 17.0. The van der Waals surface area contributed by atoms with E-state index in [4.69, 9.17) is 32.7 Å². The molecule has 3 aromatic rings. The van der Waals surface area contributed by atoms with Gasteiger partial charge in [-0.05, 0) is 35.0 Å². The molecule has 0 unspecified atom stereocenters. The van der Waals surface area contributed by atoms with Crippen LogP contribution in [0.1, 0.15) is 11.1 Å². The van der Waals surface area contributed by atoms with Crippen molar-refractivity contribution in [1.82, 2.24) is 20.6 Å². The molecule has 2 aromatic carbocycles. The molecule has 26 heavy (non-hydrogen) atoms. The minimum absolute atomic E-state index is 0.0813. The highest BCUT2D eigenvalue weighted by molar-refractivity contribution is 6.32. The fourth-order valence-electron chi connectivity index (χ4n) is 2.25. The summed E-state index contributed by atoms with van der Waals surface area (Å²) in [6, 6.07) is 7.89. The molecule has 0 aliphatic rings. The topological polar surface area (TPSA) is 85.0 Å². The van der Waals surface area contributed by atoms with Crippen LogP contribution < -0.4 is 14.8 Å². The van der Waals surface area contributed by atoms with Gasteiger partial charge in [0, 0.05) is 12.1 Å². The zero-order chi connectivity index (χ0) is 18.5. The molecule has 136 valence electrons. The predicted molar refractivity (Wildman–Crippen MR) is 95.3 cm³/mol. The number of ether oxygens (including phenoxy) is 2. The van der Waals surface area contributed by atoms with Gasteiger partial charge in [-0.25, -0.2) is 4.39 Å². The number of hydrogen-bond donors (Lipinski definition) is 2. The van der Waals surface area contributed by atoms with Crippen molar-refractivity contribution in [1.29, 1.82) is 0 Å². The molecule has 2 N–H and O–H groups in total. The van der Waals surface area contributed by atoms with Crippen LogP contribution in [0.25, 0.3) is 0 Å². The number of tetrazole rings is 1. The lowest BCUT2D eigenvalue weighted by Crippen LogP contribution is -2.04. The minimum Gasteiger partial charge on any atom is -0.493 e. The van der Waals surface area contributed by atoms with Crippen LogP contribution in [0.15, 0.2) is 30.3 Å². The van der Waals surface area contributed by atoms with Gasteiger partial charge in [0.05, 0.1) is 17.2 Å². The number of nitrogens with one attached hydrogen (secondary N) is 2. The Balaban J connectivity index is 1.76. The molecular formula is C16H14Cl2FN5O2. The van der Waals surface area contributed by atoms with Gasteiger partial charge in [-0.2, -0.15) is 5.21 Å². The third-order valence-electron chi connectivity index (χ3n) is 3.51. The normalized spacial score (nSPS) is 10.6. The Kier molecular flexibility index (Phi) is 5.75. The van der Waals surface area contributed by atoms with Gasteiger partial charge >= 0.3 is 0 Å². The Morgan fingerprint density at radius 1 is 1.23 bits per heavy atom. The standard InChI is InChI=1S/C16H14Cl2FN5O2/c1-25-14-6-9(7-20-16-21-23-24-22-16)5-12(18)15(14)26-8-10-11(17)3-2-4-13(10)19/h2-6H,7-8H2,1H3,(H2,20,21,22,23,24). The van der Waals surface area contributed by atoms with E-state index in [-0.39, 0.29) is 17.2 Å². The number of aromatic nitrogens is 4. The maximum absolute atomic E-state index is 13.9. The maximum Gasteiger partial charge on any atom is 0.263 e. The van der Waals surface area contributed by atoms with E-state index in [1.165, 1.54) is 19.2 Å². The molecular weight excluding hydrogens is 384 g/mol. The van der Waals surface area contributed by atoms with E-state index in [0.29, 0.717) is 29.0 Å². The van der Waals surface area contributed by atoms with Gasteiger partial charge in [-0.3, -0.25) is 0 Å². The summed E-state index contributed by atoms with van der Waals surface area (Å²) in [5.41, 5.74) is 1.06. The number of nitrogens with zero attached hydrogens (tertiary/aromatic N) is 3. The van der Waals surface area contributed by atoms with Gasteiger partial charge in [0.15, 0.2) is 11.5 Å². The molecule has 10 heteroatoms. The summed E-state index contributed by atoms with van der Waals surface area (Å²) in [7, 11) is 1.49. The van der Waals surface area contributed by atoms with Gasteiger partial charge < -0.3 is 14.8 Å². The summed E-state index contributed by atoms with van der Waals surface area (Å²) < 4.78 is 24.9. The Morgan fingerprint density at radius 2 is 2.08 bits per heavy atom. The second-order valence-corrected chi connectivity index (χ2v) is 6.00. The zero-order valence-corrected chi connectivity index (χ0v) is 15.1. The highest BCUT2D eigenvalue weighted by atomic mass is 35.5. The van der Waals surface area contributed by atoms with Crippen molar-refractivity contribution < 1.29 is 13.9 Å². The van der Waals surface area contributed by atoms with Gasteiger partial charge in [0.25, 0.3) is 5.95 Å². The molecule has 0 radical (unpaired) electrons. The number of aromatic amines is 1. The molecule has 0 amide bonds. The third kappa shape index (κ3) is 4.14. The fraction of sp³-hybridized carbons (Fsp3) is 0.188. The number of methoxy groups -OCH3 is 1. The van der Waals surface area contributed by atoms with Crippen LogP contribution in [0, 0.1) is 5.82 Å². The summed E-state index contributed by atoms with van der Waals surface area (Å²) in [6.07, 6.45) is 0. The third-order valence-corrected chi connectivity index (χ3v) is 4.14. The molecule has 0 aliphatic heterocycles. The van der Waals surface area contributed by atoms with E-state index >= 15 is 0 Å². The molecule has 0 saturated heterocycles. The van der Waals surface area contributed by atoms with Crippen molar-refractivity contribution in [3.63, 3.8) is 0 Å². The van der Waals surface area contributed by atoms with E-state index in [0.717, 1.165) is 5.56 Å². The molecule has 7 nitrogen and oxygen atoms in total. The van der Waals surface area contributed by atoms with Crippen LogP contribution in [0.5, 0.6) is 11.5 Å². The molecule has 0 aliphatic carbocycles. The number of halogens is 3. The first kappa shape index (κ1) is 18.2. The van der Waals surface area contributed by atoms with Gasteiger partial charge in [0.1, 0.15) is 12.4 Å². The lowest BCUT2D eigenvalue weighted by atomic mass is 10.2. The van der Waals surface area contributed by atoms with Crippen molar-refractivity contribution >= 4 is 29.2 Å². The molecule has 3 rings (SSSR count). The molecule has 0 atom stereocenters. The fourth-order valence-corrected chi connectivity index (χ4v) is 2.75. The minimum atomic E-state index is -0.450. The van der Waals surface area contributed by atoms with Crippen molar-refractivity contribution in [2.24, 2.45) is 0 Å². The Morgan fingerprint density at radius 3 is 2.77 bits per heavy atom. The monoisotopic (exact) mass is 397 g/mol. The van der Waals surface area contributed by atoms with Crippen LogP contribution in [0.2, 0.25) is 10.0 Å². The molecule has 0 saturated carbocycles. The molecule has 0 fully saturated rings. The van der Waals surface area contributed by atoms with Crippen LogP contribution >= 0.6 is 23.2 Å². The van der Waals surface area contributed by atoms with E-state index in [1.807, 2.05) is 0 Å². The number of anilines is 1. The van der Waals surface area contributed by atoms with Crippen LogP contribution in [0.3, 0.4) is 0 Å². The summed E-state index contributed by atoms with van der Waals surface area (Å²) in [5.74, 6) is 0.620. The maximum atomic E-state index is 13.9. The second kappa shape index (κ2) is 8.20. The first-order chi connectivity index (χ1) is 12.6. The van der Waals surface area contributed by atoms with Gasteiger partial charge in [-0.15, -0.1) is 5.10 Å². The second-order valence-electron chi connectivity index (χ2n) is 5.19. The van der Waals surface area contributed by atoms with Crippen molar-refractivity contribution in [3.05, 3.63) is 57.3 Å². The average Bonchev–Trinajstić information content (AvgIpc) is 3.14. The first-order valence-corrected chi connectivity index (χ1v) is 8.23. The smallest absolute Gasteiger partial charge is 0.263 e. The summed E-state index contributed by atoms with van der Waals surface area (Å²) >= 11 is 12.3. The Labute approximate surface area is 158 Å². The average molecular weight is 398 g/mol. The zero-order valence-electron chi connectivity index (χ0n) is 13.6. The number of hydrogen-bond acceptors (Lipinski definition) is 6. The van der Waals surface area contributed by atoms with Crippen LogP contribution in [-0.2, 0) is 13.2 Å². The lowest BCUT2D eigenvalue weighted by molar-refractivity contribution is 0.280. The van der Waals surface area contributed by atoms with E-state index in [2.05, 4.69) is 25.9 Å². The molecule has 1 heterocycles. The molecule has 0 spiro atoms. The first-order valence-electron chi connectivity index (χ1n) is 7.48. The van der Waals surface area contributed by atoms with Crippen LogP contribution in [0.4, 0.5) is 10.3 Å². The van der Waals surface area contributed by atoms with Crippen molar-refractivity contribution in [2.45, 2.75) is 13.2 Å². The summed E-state index contributed by atoms with van der Waals surface area (Å²) in [4.78, 5) is 0. The quantitative estimate of drug-likeness (QED) is 0.629. The number of benzene rings is 2. The Bertz CT molecular complexity index is 872. The largest absolute Gasteiger partial charge is 0.493 e. The Hall–Kier alpha value is -2.58. The number of rotatable bonds is 7. The molecule has 0 bridgehead atoms. The number of H-pyrrole nitrogens is 1. The van der Waals surface area contributed by atoms with Gasteiger partial charge in [-0.1, -0.05) is 34.4 Å². The van der Waals surface area contributed by atoms with Crippen molar-refractivity contribution in [3.8, 4) is 11.5 Å². The summed E-state index contributed by atoms with van der Waals surface area (Å²) in [6.45, 7) is 0.317. The van der Waals surface area contributed by atoms with E-state index in [9.17, 15) is 4.39 Å². The van der Waals surface area contributed by atoms with Gasteiger partial charge in [0.2, 0.25) is 0 Å². The molecule has 1 aromatic heterocycles. The predicted octanol–water partition coefficient (Wildman–Crippen LogP) is 3.85. The van der Waals surface area contributed by atoms with E-state index < -0.39 is 5.82 Å². The van der Waals surface area contributed by atoms with Crippen molar-refractivity contribution in [2.75, 3.05) is 12.4 Å². The van der Waals surface area contributed by atoms with Crippen LogP contribution in [-0.4, -0.2) is 27.7 Å². The highest BCUT2D eigenvalue weighted by Gasteiger charge is 2.15. The lowest BCUT2D eigenvalue weighted by Gasteiger charge is -2.15. The van der Waals surface area contributed by atoms with E-state index in [1.54, 1.807) is 18.2 Å². The SMILES string of the molecule is COc1cc(CNc2nn[nH]n2)cc(Cl)c1OCc1c(F)cccc1Cl.